The van der Waals surface area contributed by atoms with Crippen LogP contribution in [0.1, 0.15) is 16.7 Å². The van der Waals surface area contributed by atoms with Gasteiger partial charge in [-0.05, 0) is 40.2 Å². The van der Waals surface area contributed by atoms with Crippen molar-refractivity contribution in [2.45, 2.75) is 6.10 Å². The molecule has 3 rings (SSSR count). The molecule has 0 bridgehead atoms. The van der Waals surface area contributed by atoms with E-state index in [1.165, 1.54) is 11.3 Å². The van der Waals surface area contributed by atoms with Crippen LogP contribution >= 0.6 is 38.9 Å². The number of fused-ring (bicyclic) bond motifs is 1. The first-order chi connectivity index (χ1) is 8.65. The van der Waals surface area contributed by atoms with Crippen LogP contribution in [0, 0.1) is 0 Å². The molecule has 0 saturated heterocycles. The lowest BCUT2D eigenvalue weighted by atomic mass is 10.2. The van der Waals surface area contributed by atoms with Gasteiger partial charge in [0, 0.05) is 10.3 Å². The molecule has 3 aromatic rings. The molecule has 92 valence electrons. The lowest BCUT2D eigenvalue weighted by molar-refractivity contribution is 0.196. The average Bonchev–Trinajstić information content (AvgIpc) is 2.95. The van der Waals surface area contributed by atoms with Crippen LogP contribution in [0.25, 0.3) is 11.0 Å². The summed E-state index contributed by atoms with van der Waals surface area (Å²) in [4.78, 5) is 0.831. The van der Waals surface area contributed by atoms with Gasteiger partial charge in [0.1, 0.15) is 11.9 Å². The van der Waals surface area contributed by atoms with Crippen LogP contribution < -0.4 is 0 Å². The molecule has 1 unspecified atom stereocenters. The molecule has 0 aliphatic heterocycles. The van der Waals surface area contributed by atoms with E-state index in [1.54, 1.807) is 6.07 Å². The fourth-order valence-electron chi connectivity index (χ4n) is 1.80. The van der Waals surface area contributed by atoms with Gasteiger partial charge in [-0.15, -0.1) is 11.3 Å². The summed E-state index contributed by atoms with van der Waals surface area (Å²) in [7, 11) is 0. The summed E-state index contributed by atoms with van der Waals surface area (Å²) in [6.45, 7) is 0. The number of benzene rings is 1. The predicted molar refractivity (Wildman–Crippen MR) is 77.3 cm³/mol. The molecule has 1 atom stereocenters. The highest BCUT2D eigenvalue weighted by atomic mass is 79.9. The minimum absolute atomic E-state index is 0.507. The maximum atomic E-state index is 10.2. The Morgan fingerprint density at radius 3 is 2.78 bits per heavy atom. The molecule has 0 aliphatic rings. The quantitative estimate of drug-likeness (QED) is 0.711. The molecule has 0 aliphatic carbocycles. The molecule has 1 N–H and O–H groups in total. The average molecular weight is 344 g/mol. The number of para-hydroxylation sites is 1. The Hall–Kier alpha value is -0.810. The Bertz CT molecular complexity index is 704. The zero-order valence-electron chi connectivity index (χ0n) is 9.06. The van der Waals surface area contributed by atoms with Crippen molar-refractivity contribution in [1.29, 1.82) is 0 Å². The molecule has 2 heterocycles. The summed E-state index contributed by atoms with van der Waals surface area (Å²) in [6, 6.07) is 11.1. The summed E-state index contributed by atoms with van der Waals surface area (Å²) in [5.41, 5.74) is 0.615. The largest absolute Gasteiger partial charge is 0.456 e. The van der Waals surface area contributed by atoms with Crippen molar-refractivity contribution in [2.24, 2.45) is 0 Å². The van der Waals surface area contributed by atoms with E-state index in [0.29, 0.717) is 16.4 Å². The summed E-state index contributed by atoms with van der Waals surface area (Å²) >= 11 is 10.9. The highest BCUT2D eigenvalue weighted by Gasteiger charge is 2.18. The normalized spacial score (nSPS) is 13.1. The molecule has 2 nitrogen and oxygen atoms in total. The zero-order valence-corrected chi connectivity index (χ0v) is 12.2. The smallest absolute Gasteiger partial charge is 0.153 e. The van der Waals surface area contributed by atoms with Crippen molar-refractivity contribution in [3.05, 3.63) is 55.8 Å². The number of hydrogen-bond donors (Lipinski definition) is 1. The van der Waals surface area contributed by atoms with E-state index in [0.717, 1.165) is 14.0 Å². The molecule has 0 spiro atoms. The Morgan fingerprint density at radius 1 is 1.28 bits per heavy atom. The molecule has 0 amide bonds. The molecular formula is C13H8BrClO2S. The molecule has 5 heteroatoms. The number of furan rings is 1. The summed E-state index contributed by atoms with van der Waals surface area (Å²) in [5, 5.41) is 11.7. The van der Waals surface area contributed by atoms with Gasteiger partial charge in [0.15, 0.2) is 5.58 Å². The maximum absolute atomic E-state index is 10.2. The van der Waals surface area contributed by atoms with Crippen LogP contribution in [0.5, 0.6) is 0 Å². The fraction of sp³-hybridized carbons (Fsp3) is 0.0769. The molecule has 2 aromatic heterocycles. The standard InChI is InChI=1S/C13H8BrClO2S/c14-11-5-4-10(18-11)12(16)9-6-7-2-1-3-8(15)13(7)17-9/h1-6,12,16H. The first-order valence-electron chi connectivity index (χ1n) is 5.26. The summed E-state index contributed by atoms with van der Waals surface area (Å²) in [5.74, 6) is 0.507. The van der Waals surface area contributed by atoms with Crippen molar-refractivity contribution in [1.82, 2.24) is 0 Å². The van der Waals surface area contributed by atoms with Gasteiger partial charge in [0.2, 0.25) is 0 Å². The van der Waals surface area contributed by atoms with E-state index in [9.17, 15) is 5.11 Å². The fourth-order valence-corrected chi connectivity index (χ4v) is 3.44. The maximum Gasteiger partial charge on any atom is 0.153 e. The lowest BCUT2D eigenvalue weighted by Gasteiger charge is -2.03. The minimum atomic E-state index is -0.759. The zero-order chi connectivity index (χ0) is 12.7. The number of thiophene rings is 1. The van der Waals surface area contributed by atoms with Crippen LogP contribution in [0.2, 0.25) is 5.02 Å². The lowest BCUT2D eigenvalue weighted by Crippen LogP contribution is -1.93. The first-order valence-corrected chi connectivity index (χ1v) is 7.25. The van der Waals surface area contributed by atoms with Gasteiger partial charge in [0.25, 0.3) is 0 Å². The first kappa shape index (κ1) is 12.2. The second-order valence-electron chi connectivity index (χ2n) is 3.85. The molecule has 0 saturated carbocycles. The third-order valence-electron chi connectivity index (χ3n) is 2.65. The van der Waals surface area contributed by atoms with E-state index < -0.39 is 6.10 Å². The number of rotatable bonds is 2. The number of aliphatic hydroxyl groups excluding tert-OH is 1. The van der Waals surface area contributed by atoms with Crippen molar-refractivity contribution in [2.75, 3.05) is 0 Å². The molecular weight excluding hydrogens is 336 g/mol. The number of aliphatic hydroxyl groups is 1. The molecule has 0 fully saturated rings. The van der Waals surface area contributed by atoms with Crippen molar-refractivity contribution in [3.8, 4) is 0 Å². The topological polar surface area (TPSA) is 33.4 Å². The van der Waals surface area contributed by atoms with Gasteiger partial charge in [-0.25, -0.2) is 0 Å². The highest BCUT2D eigenvalue weighted by Crippen LogP contribution is 2.35. The van der Waals surface area contributed by atoms with E-state index in [4.69, 9.17) is 16.0 Å². The van der Waals surface area contributed by atoms with Gasteiger partial charge in [-0.1, -0.05) is 23.7 Å². The van der Waals surface area contributed by atoms with E-state index in [1.807, 2.05) is 30.3 Å². The highest BCUT2D eigenvalue weighted by molar-refractivity contribution is 9.11. The van der Waals surface area contributed by atoms with Gasteiger partial charge in [-0.3, -0.25) is 0 Å². The van der Waals surface area contributed by atoms with Gasteiger partial charge >= 0.3 is 0 Å². The molecule has 0 radical (unpaired) electrons. The van der Waals surface area contributed by atoms with E-state index in [2.05, 4.69) is 15.9 Å². The minimum Gasteiger partial charge on any atom is -0.456 e. The summed E-state index contributed by atoms with van der Waals surface area (Å²) in [6.07, 6.45) is -0.759. The van der Waals surface area contributed by atoms with Gasteiger partial charge < -0.3 is 9.52 Å². The Balaban J connectivity index is 2.06. The van der Waals surface area contributed by atoms with E-state index in [-0.39, 0.29) is 0 Å². The van der Waals surface area contributed by atoms with Crippen LogP contribution in [-0.4, -0.2) is 5.11 Å². The third-order valence-corrected chi connectivity index (χ3v) is 4.62. The van der Waals surface area contributed by atoms with Gasteiger partial charge in [-0.2, -0.15) is 0 Å². The van der Waals surface area contributed by atoms with Crippen molar-refractivity contribution in [3.63, 3.8) is 0 Å². The van der Waals surface area contributed by atoms with Crippen molar-refractivity contribution < 1.29 is 9.52 Å². The van der Waals surface area contributed by atoms with Crippen LogP contribution in [0.4, 0.5) is 0 Å². The van der Waals surface area contributed by atoms with Crippen molar-refractivity contribution >= 4 is 49.8 Å². The second-order valence-corrected chi connectivity index (χ2v) is 6.75. The van der Waals surface area contributed by atoms with Crippen LogP contribution in [0.15, 0.2) is 44.6 Å². The Morgan fingerprint density at radius 2 is 2.11 bits per heavy atom. The molecule has 18 heavy (non-hydrogen) atoms. The number of hydrogen-bond acceptors (Lipinski definition) is 3. The monoisotopic (exact) mass is 342 g/mol. The summed E-state index contributed by atoms with van der Waals surface area (Å²) < 4.78 is 6.61. The third kappa shape index (κ3) is 2.10. The SMILES string of the molecule is OC(c1cc2cccc(Cl)c2o1)c1ccc(Br)s1. The number of halogens is 2. The van der Waals surface area contributed by atoms with E-state index >= 15 is 0 Å². The molecule has 1 aromatic carbocycles. The van der Waals surface area contributed by atoms with Crippen LogP contribution in [0.3, 0.4) is 0 Å². The predicted octanol–water partition coefficient (Wildman–Crippen LogP) is 4.99. The Kier molecular flexibility index (Phi) is 3.20. The second kappa shape index (κ2) is 4.70. The van der Waals surface area contributed by atoms with Gasteiger partial charge in [0.05, 0.1) is 8.81 Å². The Labute approximate surface area is 121 Å². The van der Waals surface area contributed by atoms with Crippen LogP contribution in [-0.2, 0) is 0 Å².